The smallest absolute Gasteiger partial charge is 0.416 e. The van der Waals surface area contributed by atoms with Crippen molar-refractivity contribution in [2.24, 2.45) is 0 Å². The number of carbonyl (C=O) groups excluding carboxylic acids is 2. The largest absolute Gasteiger partial charge is 0.497 e. The molecule has 2 N–H and O–H groups in total. The van der Waals surface area contributed by atoms with Crippen molar-refractivity contribution in [3.8, 4) is 28.5 Å². The lowest BCUT2D eigenvalue weighted by molar-refractivity contribution is -0.137. The fourth-order valence-electron chi connectivity index (χ4n) is 6.10. The summed E-state index contributed by atoms with van der Waals surface area (Å²) >= 11 is 0. The number of halogens is 4. The van der Waals surface area contributed by atoms with Crippen LogP contribution in [0, 0.1) is 5.82 Å². The normalized spacial score (nSPS) is 15.9. The van der Waals surface area contributed by atoms with Crippen molar-refractivity contribution in [2.75, 3.05) is 33.1 Å². The lowest BCUT2D eigenvalue weighted by Crippen LogP contribution is -2.41. The lowest BCUT2D eigenvalue weighted by Gasteiger charge is -2.33. The zero-order valence-electron chi connectivity index (χ0n) is 29.5. The predicted octanol–water partition coefficient (Wildman–Crippen LogP) is 7.68. The predicted molar refractivity (Wildman–Crippen MR) is 189 cm³/mol. The van der Waals surface area contributed by atoms with E-state index in [1.54, 1.807) is 26.2 Å². The Morgan fingerprint density at radius 2 is 1.67 bits per heavy atom. The van der Waals surface area contributed by atoms with E-state index in [-0.39, 0.29) is 29.5 Å². The quantitative estimate of drug-likeness (QED) is 0.137. The van der Waals surface area contributed by atoms with Crippen LogP contribution in [0.3, 0.4) is 0 Å². The molecular formula is C39H42F4N4O5. The number of benzene rings is 3. The molecule has 0 unspecified atom stereocenters. The number of methoxy groups -OCH3 is 1. The number of pyridine rings is 1. The van der Waals surface area contributed by atoms with E-state index >= 15 is 4.39 Å². The first-order valence-corrected chi connectivity index (χ1v) is 17.0. The Balaban J connectivity index is 1.26. The fraction of sp³-hybridized carbons (Fsp3) is 0.359. The Morgan fingerprint density at radius 1 is 0.942 bits per heavy atom. The summed E-state index contributed by atoms with van der Waals surface area (Å²) in [5.41, 5.74) is 0.310. The summed E-state index contributed by atoms with van der Waals surface area (Å²) in [6, 6.07) is 16.2. The van der Waals surface area contributed by atoms with Crippen LogP contribution >= 0.6 is 0 Å². The van der Waals surface area contributed by atoms with Crippen LogP contribution in [0.4, 0.5) is 23.2 Å². The number of carbonyl (C=O) groups is 2. The second-order valence-corrected chi connectivity index (χ2v) is 12.9. The molecule has 1 heterocycles. The van der Waals surface area contributed by atoms with Crippen LogP contribution in [-0.2, 0) is 24.0 Å². The number of nitrogens with one attached hydrogen (secondary N) is 2. The Bertz CT molecular complexity index is 1860. The molecule has 1 aliphatic rings. The Labute approximate surface area is 300 Å². The molecule has 9 nitrogen and oxygen atoms in total. The third kappa shape index (κ3) is 9.99. The van der Waals surface area contributed by atoms with Crippen molar-refractivity contribution >= 4 is 17.5 Å². The third-order valence-electron chi connectivity index (χ3n) is 8.97. The minimum atomic E-state index is -4.77. The van der Waals surface area contributed by atoms with Crippen LogP contribution in [0.5, 0.6) is 17.4 Å². The van der Waals surface area contributed by atoms with Crippen LogP contribution in [0.25, 0.3) is 11.1 Å². The highest BCUT2D eigenvalue weighted by Gasteiger charge is 2.32. The third-order valence-corrected chi connectivity index (χ3v) is 8.97. The number of hydrogen-bond donors (Lipinski definition) is 2. The van der Waals surface area contributed by atoms with Gasteiger partial charge in [0.25, 0.3) is 5.91 Å². The first-order valence-electron chi connectivity index (χ1n) is 17.0. The zero-order chi connectivity index (χ0) is 37.4. The first kappa shape index (κ1) is 38.1. The van der Waals surface area contributed by atoms with Gasteiger partial charge in [-0.2, -0.15) is 13.2 Å². The van der Waals surface area contributed by atoms with Crippen LogP contribution in [-0.4, -0.2) is 61.6 Å². The minimum Gasteiger partial charge on any atom is -0.497 e. The van der Waals surface area contributed by atoms with Crippen molar-refractivity contribution in [2.45, 2.75) is 63.9 Å². The van der Waals surface area contributed by atoms with E-state index in [4.69, 9.17) is 14.2 Å². The van der Waals surface area contributed by atoms with Gasteiger partial charge >= 0.3 is 6.18 Å². The summed E-state index contributed by atoms with van der Waals surface area (Å²) in [6.07, 6.45) is -0.600. The van der Waals surface area contributed by atoms with E-state index < -0.39 is 35.8 Å². The number of nitrogens with zero attached hydrogens (tertiary/aromatic N) is 2. The molecular weight excluding hydrogens is 680 g/mol. The molecule has 1 saturated carbocycles. The van der Waals surface area contributed by atoms with E-state index in [2.05, 4.69) is 20.5 Å². The molecule has 276 valence electrons. The number of hydrogen-bond acceptors (Lipinski definition) is 7. The molecule has 4 aromatic rings. The first-order chi connectivity index (χ1) is 24.8. The van der Waals surface area contributed by atoms with Gasteiger partial charge in [-0.1, -0.05) is 24.3 Å². The molecule has 13 heteroatoms. The van der Waals surface area contributed by atoms with Gasteiger partial charge in [-0.15, -0.1) is 0 Å². The fourth-order valence-corrected chi connectivity index (χ4v) is 6.10. The van der Waals surface area contributed by atoms with E-state index in [1.807, 2.05) is 38.4 Å². The molecule has 1 fully saturated rings. The van der Waals surface area contributed by atoms with Gasteiger partial charge in [0.05, 0.1) is 25.7 Å². The summed E-state index contributed by atoms with van der Waals surface area (Å²) < 4.78 is 73.6. The molecule has 3 aromatic carbocycles. The number of ether oxygens (including phenoxy) is 3. The second-order valence-electron chi connectivity index (χ2n) is 12.9. The second kappa shape index (κ2) is 16.9. The molecule has 0 atom stereocenters. The average molecular weight is 723 g/mol. The van der Waals surface area contributed by atoms with Crippen LogP contribution in [0.2, 0.25) is 0 Å². The molecule has 5 rings (SSSR count). The van der Waals surface area contributed by atoms with Gasteiger partial charge in [-0.05, 0) is 99.8 Å². The Hall–Kier alpha value is -5.17. The summed E-state index contributed by atoms with van der Waals surface area (Å²) in [5.74, 6) is -0.675. The highest BCUT2D eigenvalue weighted by Crippen LogP contribution is 2.35. The van der Waals surface area contributed by atoms with Crippen molar-refractivity contribution < 1.29 is 41.4 Å². The van der Waals surface area contributed by atoms with Gasteiger partial charge in [0.1, 0.15) is 23.9 Å². The van der Waals surface area contributed by atoms with Crippen LogP contribution in [0.15, 0.2) is 72.9 Å². The highest BCUT2D eigenvalue weighted by atomic mass is 19.4. The van der Waals surface area contributed by atoms with Crippen LogP contribution in [0.1, 0.15) is 59.7 Å². The number of rotatable bonds is 13. The highest BCUT2D eigenvalue weighted by molar-refractivity contribution is 5.98. The summed E-state index contributed by atoms with van der Waals surface area (Å²) in [4.78, 5) is 32.5. The van der Waals surface area contributed by atoms with E-state index in [0.29, 0.717) is 48.2 Å². The molecule has 2 amide bonds. The van der Waals surface area contributed by atoms with E-state index in [0.717, 1.165) is 36.3 Å². The minimum absolute atomic E-state index is 0.0184. The van der Waals surface area contributed by atoms with Gasteiger partial charge in [0, 0.05) is 41.2 Å². The number of anilines is 1. The maximum Gasteiger partial charge on any atom is 0.416 e. The number of alkyl halides is 3. The molecule has 0 spiro atoms. The topological polar surface area (TPSA) is 102 Å². The zero-order valence-corrected chi connectivity index (χ0v) is 29.5. The van der Waals surface area contributed by atoms with E-state index in [1.165, 1.54) is 24.4 Å². The Kier molecular flexibility index (Phi) is 12.4. The molecule has 1 aromatic heterocycles. The molecule has 52 heavy (non-hydrogen) atoms. The van der Waals surface area contributed by atoms with Gasteiger partial charge in [0.15, 0.2) is 0 Å². The standard InChI is InChI=1S/C39H42F4N4O5/c1-5-51-35-21-37(52-23-24-6-14-32(50-4)15-7-24)44-22-33(35)25-8-9-26(34(40)18-25)19-36(48)45-30-17-27(16-28(20-30)39(41,42)43)38(49)46-29-10-12-31(13-11-29)47(2)3/h6-9,14-18,20-22,29,31H,5,10-13,19,23H2,1-4H3,(H,45,48)(H,46,49). The summed E-state index contributed by atoms with van der Waals surface area (Å²) in [5, 5.41) is 5.25. The maximum absolute atomic E-state index is 15.4. The van der Waals surface area contributed by atoms with Crippen molar-refractivity contribution in [3.63, 3.8) is 0 Å². The molecule has 0 aliphatic heterocycles. The van der Waals surface area contributed by atoms with Crippen molar-refractivity contribution in [1.82, 2.24) is 15.2 Å². The van der Waals surface area contributed by atoms with Gasteiger partial charge in [0.2, 0.25) is 11.8 Å². The van der Waals surface area contributed by atoms with Crippen LogP contribution < -0.4 is 24.8 Å². The van der Waals surface area contributed by atoms with E-state index in [9.17, 15) is 22.8 Å². The average Bonchev–Trinajstić information content (AvgIpc) is 3.11. The van der Waals surface area contributed by atoms with Crippen molar-refractivity contribution in [1.29, 1.82) is 0 Å². The number of amides is 2. The van der Waals surface area contributed by atoms with Gasteiger partial charge in [-0.25, -0.2) is 9.37 Å². The lowest BCUT2D eigenvalue weighted by atomic mass is 9.90. The van der Waals surface area contributed by atoms with Gasteiger partial charge < -0.3 is 29.7 Å². The monoisotopic (exact) mass is 722 g/mol. The summed E-state index contributed by atoms with van der Waals surface area (Å²) in [7, 11) is 5.57. The molecule has 0 radical (unpaired) electrons. The Morgan fingerprint density at radius 3 is 2.31 bits per heavy atom. The molecule has 1 aliphatic carbocycles. The maximum atomic E-state index is 15.4. The summed E-state index contributed by atoms with van der Waals surface area (Å²) in [6.45, 7) is 2.38. The van der Waals surface area contributed by atoms with Gasteiger partial charge in [-0.3, -0.25) is 9.59 Å². The molecule has 0 saturated heterocycles. The SMILES string of the molecule is CCOc1cc(OCc2ccc(OC)cc2)ncc1-c1ccc(CC(=O)Nc2cc(C(=O)NC3CCC(N(C)C)CC3)cc(C(F)(F)F)c2)c(F)c1. The van der Waals surface area contributed by atoms with Crippen molar-refractivity contribution in [3.05, 3.63) is 101 Å². The number of aromatic nitrogens is 1. The molecule has 0 bridgehead atoms.